The van der Waals surface area contributed by atoms with Crippen LogP contribution in [-0.2, 0) is 35.3 Å². The second kappa shape index (κ2) is 17.1. The van der Waals surface area contributed by atoms with E-state index in [0.717, 1.165) is 16.7 Å². The van der Waals surface area contributed by atoms with Gasteiger partial charge in [0.05, 0.1) is 24.8 Å². The first-order valence-corrected chi connectivity index (χ1v) is 16.0. The van der Waals surface area contributed by atoms with Crippen LogP contribution in [0.1, 0.15) is 37.9 Å². The first kappa shape index (κ1) is 36.5. The number of ether oxygens (including phenoxy) is 2. The minimum absolute atomic E-state index is 0.0811. The second-order valence-electron chi connectivity index (χ2n) is 10.0. The van der Waals surface area contributed by atoms with Crippen LogP contribution in [0, 0.1) is 0 Å². The molecule has 16 heteroatoms. The number of nitrogens with two attached hydrogens (primary N) is 1. The predicted molar refractivity (Wildman–Crippen MR) is 167 cm³/mol. The molecule has 2 aromatic rings. The summed E-state index contributed by atoms with van der Waals surface area (Å²) in [7, 11) is 0. The number of phenols is 1. The van der Waals surface area contributed by atoms with E-state index in [1.807, 2.05) is 0 Å². The molecular weight excluding hydrogens is 663 g/mol. The molecule has 0 spiro atoms. The van der Waals surface area contributed by atoms with Crippen molar-refractivity contribution in [2.24, 2.45) is 0 Å². The van der Waals surface area contributed by atoms with Crippen molar-refractivity contribution in [1.82, 2.24) is 15.5 Å². The molecule has 46 heavy (non-hydrogen) atoms. The van der Waals surface area contributed by atoms with Crippen LogP contribution in [0.2, 0.25) is 10.0 Å². The van der Waals surface area contributed by atoms with Crippen LogP contribution >= 0.6 is 35.0 Å². The summed E-state index contributed by atoms with van der Waals surface area (Å²) >= 11 is 13.2. The first-order valence-electron chi connectivity index (χ1n) is 14.2. The molecule has 0 aromatic heterocycles. The standard InChI is InChI=1S/C26H23Cl2N3O9S.C4H11N/c1-12(32)39-10-15-11-41-24-20(23(35)31(24)21(15)25(36)37)29-22(34)19(13-3-6-17(33)7-4-13)30-26(38)40-9-14-2-5-16(27)8-18(14)28;1-3-5-4-2/h2-8,19-20,24,33H,9-11H2,1H3,(H,29,34)(H,30,38)(H,36,37);5H,3-4H2,1-2H3/t19?,20-,24+;/m0./s1. The lowest BCUT2D eigenvalue weighted by atomic mass is 10.0. The summed E-state index contributed by atoms with van der Waals surface area (Å²) in [5.41, 5.74) is 0.506. The fourth-order valence-electron chi connectivity index (χ4n) is 4.41. The van der Waals surface area contributed by atoms with Crippen molar-refractivity contribution in [2.75, 3.05) is 25.4 Å². The van der Waals surface area contributed by atoms with Gasteiger partial charge in [-0.2, -0.15) is 0 Å². The number of aliphatic carboxylic acids is 1. The summed E-state index contributed by atoms with van der Waals surface area (Å²) in [5, 5.41) is 28.6. The maximum Gasteiger partial charge on any atom is 0.408 e. The van der Waals surface area contributed by atoms with Crippen molar-refractivity contribution in [2.45, 2.75) is 44.8 Å². The number of carboxylic acids is 1. The third-order valence-corrected chi connectivity index (χ3v) is 8.62. The zero-order chi connectivity index (χ0) is 34.0. The summed E-state index contributed by atoms with van der Waals surface area (Å²) in [4.78, 5) is 62.9. The number of phenolic OH excluding ortho intramolecular Hbond substituents is 1. The molecule has 0 saturated carbocycles. The molecule has 0 aliphatic carbocycles. The SMILES string of the molecule is CC(=O)OCC1=C(C(=O)[O-])N2C(=O)[C@H](NC(=O)C(NC(=O)OCc3ccc(Cl)cc3Cl)c3ccc(O)cc3)[C@H]2SC1.CC[NH2+]CC. The van der Waals surface area contributed by atoms with Gasteiger partial charge >= 0.3 is 12.1 Å². The van der Waals surface area contributed by atoms with E-state index in [0.29, 0.717) is 10.6 Å². The highest BCUT2D eigenvalue weighted by Crippen LogP contribution is 2.40. The van der Waals surface area contributed by atoms with E-state index in [4.69, 9.17) is 32.7 Å². The Bertz CT molecular complexity index is 1490. The van der Waals surface area contributed by atoms with Crippen molar-refractivity contribution in [3.05, 3.63) is 74.9 Å². The lowest BCUT2D eigenvalue weighted by Gasteiger charge is -2.51. The van der Waals surface area contributed by atoms with E-state index in [1.54, 1.807) is 12.1 Å². The molecule has 4 rings (SSSR count). The van der Waals surface area contributed by atoms with E-state index in [2.05, 4.69) is 29.8 Å². The van der Waals surface area contributed by atoms with E-state index in [9.17, 15) is 34.2 Å². The Morgan fingerprint density at radius 3 is 2.33 bits per heavy atom. The van der Waals surface area contributed by atoms with E-state index < -0.39 is 53.0 Å². The number of halogens is 2. The number of carboxylic acid groups (broad SMARTS) is 1. The largest absolute Gasteiger partial charge is 0.543 e. The number of carbonyl (C=O) groups is 5. The van der Waals surface area contributed by atoms with Crippen molar-refractivity contribution in [3.63, 3.8) is 0 Å². The molecule has 5 N–H and O–H groups in total. The van der Waals surface area contributed by atoms with Gasteiger partial charge in [-0.25, -0.2) is 4.79 Å². The Balaban J connectivity index is 0.00000107. The minimum Gasteiger partial charge on any atom is -0.543 e. The topological polar surface area (TPSA) is 191 Å². The van der Waals surface area contributed by atoms with Crippen molar-refractivity contribution in [1.29, 1.82) is 0 Å². The third kappa shape index (κ3) is 9.52. The summed E-state index contributed by atoms with van der Waals surface area (Å²) < 4.78 is 10.1. The molecule has 3 atom stereocenters. The van der Waals surface area contributed by atoms with Crippen LogP contribution in [0.25, 0.3) is 0 Å². The third-order valence-electron chi connectivity index (χ3n) is 6.69. The average molecular weight is 698 g/mol. The molecule has 248 valence electrons. The van der Waals surface area contributed by atoms with Gasteiger partial charge < -0.3 is 40.4 Å². The number of aromatic hydroxyl groups is 1. The Kier molecular flexibility index (Phi) is 13.5. The van der Waals surface area contributed by atoms with Crippen LogP contribution in [-0.4, -0.2) is 76.7 Å². The van der Waals surface area contributed by atoms with Gasteiger partial charge in [0.2, 0.25) is 5.91 Å². The highest BCUT2D eigenvalue weighted by Gasteiger charge is 2.53. The van der Waals surface area contributed by atoms with Gasteiger partial charge in [-0.15, -0.1) is 11.8 Å². The summed E-state index contributed by atoms with van der Waals surface area (Å²) in [6.45, 7) is 7.36. The molecule has 13 nitrogen and oxygen atoms in total. The number of esters is 1. The molecule has 0 bridgehead atoms. The number of quaternary nitrogens is 1. The van der Waals surface area contributed by atoms with E-state index in [1.165, 1.54) is 50.3 Å². The number of amides is 3. The number of carbonyl (C=O) groups excluding carboxylic acids is 5. The lowest BCUT2D eigenvalue weighted by Crippen LogP contribution is -2.82. The number of fused-ring (bicyclic) bond motifs is 1. The average Bonchev–Trinajstić information content (AvgIpc) is 3.01. The normalized spacial score (nSPS) is 17.4. The Morgan fingerprint density at radius 2 is 1.76 bits per heavy atom. The maximum atomic E-state index is 13.4. The molecule has 3 amide bonds. The number of nitrogens with one attached hydrogen (secondary N) is 2. The Labute approximate surface area is 279 Å². The molecule has 2 heterocycles. The number of hydrogen-bond acceptors (Lipinski definition) is 10. The van der Waals surface area contributed by atoms with Gasteiger partial charge in [0.15, 0.2) is 0 Å². The molecule has 0 radical (unpaired) electrons. The molecular formula is C30H34Cl2N4O9S. The number of hydrogen-bond donors (Lipinski definition) is 4. The fraction of sp³-hybridized carbons (Fsp3) is 0.367. The first-order chi connectivity index (χ1) is 21.9. The summed E-state index contributed by atoms with van der Waals surface area (Å²) in [5.74, 6) is -3.73. The lowest BCUT2D eigenvalue weighted by molar-refractivity contribution is -0.648. The van der Waals surface area contributed by atoms with E-state index in [-0.39, 0.29) is 40.9 Å². The van der Waals surface area contributed by atoms with Gasteiger partial charge in [0, 0.05) is 33.9 Å². The minimum atomic E-state index is -1.62. The highest BCUT2D eigenvalue weighted by molar-refractivity contribution is 8.00. The van der Waals surface area contributed by atoms with Gasteiger partial charge in [-0.1, -0.05) is 41.4 Å². The predicted octanol–water partition coefficient (Wildman–Crippen LogP) is 1.22. The second-order valence-corrected chi connectivity index (χ2v) is 12.0. The van der Waals surface area contributed by atoms with Crippen molar-refractivity contribution in [3.8, 4) is 5.75 Å². The summed E-state index contributed by atoms with van der Waals surface area (Å²) in [6.07, 6.45) is -0.977. The number of β-lactam (4-membered cyclic amide) rings is 1. The smallest absolute Gasteiger partial charge is 0.408 e. The molecule has 2 aliphatic rings. The molecule has 2 aromatic carbocycles. The Hall–Kier alpha value is -3.98. The van der Waals surface area contributed by atoms with Crippen LogP contribution in [0.5, 0.6) is 5.75 Å². The van der Waals surface area contributed by atoms with Crippen LogP contribution in [0.3, 0.4) is 0 Å². The zero-order valence-corrected chi connectivity index (χ0v) is 27.5. The van der Waals surface area contributed by atoms with Gasteiger partial charge in [0.25, 0.3) is 5.91 Å². The van der Waals surface area contributed by atoms with E-state index >= 15 is 0 Å². The molecule has 1 saturated heterocycles. The number of nitrogens with zero attached hydrogens (tertiary/aromatic N) is 1. The van der Waals surface area contributed by atoms with Crippen LogP contribution in [0.15, 0.2) is 53.7 Å². The molecule has 1 unspecified atom stereocenters. The maximum absolute atomic E-state index is 13.4. The van der Waals surface area contributed by atoms with Crippen LogP contribution < -0.4 is 21.1 Å². The van der Waals surface area contributed by atoms with Crippen molar-refractivity contribution < 1.29 is 49.0 Å². The fourth-order valence-corrected chi connectivity index (χ4v) is 6.20. The molecule has 2 aliphatic heterocycles. The number of benzene rings is 2. The monoisotopic (exact) mass is 696 g/mol. The number of thioether (sulfide) groups is 1. The quantitative estimate of drug-likeness (QED) is 0.196. The number of rotatable bonds is 11. The van der Waals surface area contributed by atoms with Gasteiger partial charge in [-0.05, 0) is 43.7 Å². The zero-order valence-electron chi connectivity index (χ0n) is 25.2. The van der Waals surface area contributed by atoms with Crippen LogP contribution in [0.4, 0.5) is 4.79 Å². The van der Waals surface area contributed by atoms with Gasteiger partial charge in [0.1, 0.15) is 36.4 Å². The van der Waals surface area contributed by atoms with Crippen molar-refractivity contribution >= 4 is 64.8 Å². The number of alkyl carbamates (subject to hydrolysis) is 1. The molecule has 1 fully saturated rings. The van der Waals surface area contributed by atoms with Gasteiger partial charge in [-0.3, -0.25) is 19.3 Å². The Morgan fingerprint density at radius 1 is 1.09 bits per heavy atom. The highest BCUT2D eigenvalue weighted by atomic mass is 35.5. The summed E-state index contributed by atoms with van der Waals surface area (Å²) in [6, 6.07) is 7.57.